The molecule has 0 spiro atoms. The Morgan fingerprint density at radius 1 is 1.38 bits per heavy atom. The van der Waals surface area contributed by atoms with Crippen LogP contribution in [0.3, 0.4) is 0 Å². The third kappa shape index (κ3) is 3.66. The Kier molecular flexibility index (Phi) is 4.99. The summed E-state index contributed by atoms with van der Waals surface area (Å²) in [4.78, 5) is 1.95. The largest absolute Gasteiger partial charge is 0.471 e. The molecular weight excluding hydrogens is 218 g/mol. The molecule has 0 aliphatic rings. The molecular formula is C13H17NOS. The van der Waals surface area contributed by atoms with Crippen molar-refractivity contribution in [2.45, 2.75) is 13.8 Å². The topological polar surface area (TPSA) is 12.5 Å². The zero-order valence-corrected chi connectivity index (χ0v) is 10.6. The van der Waals surface area contributed by atoms with E-state index in [0.29, 0.717) is 18.3 Å². The Morgan fingerprint density at radius 3 is 2.50 bits per heavy atom. The van der Waals surface area contributed by atoms with Crippen LogP contribution in [0.2, 0.25) is 0 Å². The van der Waals surface area contributed by atoms with E-state index in [1.54, 1.807) is 0 Å². The van der Waals surface area contributed by atoms with E-state index in [2.05, 4.69) is 6.58 Å². The minimum absolute atomic E-state index is 0.497. The van der Waals surface area contributed by atoms with Gasteiger partial charge in [-0.15, -0.1) is 0 Å². The normalized spacial score (nSPS) is 9.62. The highest BCUT2D eigenvalue weighted by Gasteiger charge is 2.12. The number of para-hydroxylation sites is 1. The van der Waals surface area contributed by atoms with Gasteiger partial charge in [-0.25, -0.2) is 0 Å². The fraction of sp³-hybridized carbons (Fsp3) is 0.308. The molecule has 0 bridgehead atoms. The van der Waals surface area contributed by atoms with Crippen molar-refractivity contribution in [1.82, 2.24) is 0 Å². The molecule has 0 aliphatic heterocycles. The molecule has 0 unspecified atom stereocenters. The lowest BCUT2D eigenvalue weighted by molar-refractivity contribution is 0.328. The van der Waals surface area contributed by atoms with E-state index in [-0.39, 0.29) is 0 Å². The van der Waals surface area contributed by atoms with Crippen molar-refractivity contribution in [3.8, 4) is 0 Å². The molecule has 0 saturated carbocycles. The standard InChI is InChI=1S/C13H17NOS/c1-4-15-13(16)14(10-11(2)3)12-8-6-5-7-9-12/h5-9H,2,4,10H2,1,3H3. The molecule has 1 aromatic rings. The molecule has 0 N–H and O–H groups in total. The molecule has 0 aliphatic carbocycles. The zero-order chi connectivity index (χ0) is 12.0. The summed E-state index contributed by atoms with van der Waals surface area (Å²) in [5.41, 5.74) is 2.08. The number of thiocarbonyl (C=S) groups is 1. The molecule has 0 amide bonds. The summed E-state index contributed by atoms with van der Waals surface area (Å²) in [5.74, 6) is 0. The smallest absolute Gasteiger partial charge is 0.264 e. The molecule has 1 aromatic carbocycles. The molecule has 0 heterocycles. The van der Waals surface area contributed by atoms with Gasteiger partial charge in [0.2, 0.25) is 0 Å². The minimum Gasteiger partial charge on any atom is -0.471 e. The average molecular weight is 235 g/mol. The third-order valence-electron chi connectivity index (χ3n) is 1.98. The fourth-order valence-corrected chi connectivity index (χ4v) is 1.63. The number of benzene rings is 1. The first-order chi connectivity index (χ1) is 7.65. The second-order valence-corrected chi connectivity index (χ2v) is 3.93. The van der Waals surface area contributed by atoms with Gasteiger partial charge in [0.1, 0.15) is 0 Å². The van der Waals surface area contributed by atoms with Gasteiger partial charge in [-0.05, 0) is 38.2 Å². The van der Waals surface area contributed by atoms with E-state index in [0.717, 1.165) is 11.3 Å². The van der Waals surface area contributed by atoms with Crippen molar-refractivity contribution >= 4 is 23.1 Å². The molecule has 2 nitrogen and oxygen atoms in total. The molecule has 1 rings (SSSR count). The Balaban J connectivity index is 2.87. The minimum atomic E-state index is 0.497. The summed E-state index contributed by atoms with van der Waals surface area (Å²) < 4.78 is 5.38. The van der Waals surface area contributed by atoms with E-state index >= 15 is 0 Å². The molecule has 3 heteroatoms. The molecule has 0 aromatic heterocycles. The number of hydrogen-bond donors (Lipinski definition) is 0. The van der Waals surface area contributed by atoms with Gasteiger partial charge < -0.3 is 4.74 Å². The highest BCUT2D eigenvalue weighted by atomic mass is 32.1. The highest BCUT2D eigenvalue weighted by molar-refractivity contribution is 7.80. The van der Waals surface area contributed by atoms with E-state index in [1.165, 1.54) is 0 Å². The molecule has 16 heavy (non-hydrogen) atoms. The van der Waals surface area contributed by atoms with E-state index in [9.17, 15) is 0 Å². The molecule has 0 atom stereocenters. The van der Waals surface area contributed by atoms with Crippen molar-refractivity contribution in [1.29, 1.82) is 0 Å². The van der Waals surface area contributed by atoms with Crippen LogP contribution in [0, 0.1) is 0 Å². The maximum Gasteiger partial charge on any atom is 0.264 e. The van der Waals surface area contributed by atoms with E-state index in [1.807, 2.05) is 49.1 Å². The molecule has 0 saturated heterocycles. The van der Waals surface area contributed by atoms with E-state index < -0.39 is 0 Å². The average Bonchev–Trinajstić information content (AvgIpc) is 2.27. The Hall–Kier alpha value is -1.35. The zero-order valence-electron chi connectivity index (χ0n) is 9.77. The number of ether oxygens (including phenoxy) is 1. The van der Waals surface area contributed by atoms with Crippen LogP contribution in [-0.4, -0.2) is 18.3 Å². The second kappa shape index (κ2) is 6.28. The van der Waals surface area contributed by atoms with Gasteiger partial charge in [0, 0.05) is 12.2 Å². The van der Waals surface area contributed by atoms with Crippen LogP contribution in [0.15, 0.2) is 42.5 Å². The summed E-state index contributed by atoms with van der Waals surface area (Å²) in [6.07, 6.45) is 0. The van der Waals surface area contributed by atoms with E-state index in [4.69, 9.17) is 17.0 Å². The number of rotatable bonds is 4. The summed E-state index contributed by atoms with van der Waals surface area (Å²) in [6, 6.07) is 9.96. The van der Waals surface area contributed by atoms with Gasteiger partial charge in [0.25, 0.3) is 5.17 Å². The summed E-state index contributed by atoms with van der Waals surface area (Å²) in [6.45, 7) is 9.07. The Bertz CT molecular complexity index is 361. The van der Waals surface area contributed by atoms with Gasteiger partial charge in [-0.2, -0.15) is 0 Å². The van der Waals surface area contributed by atoms with Crippen LogP contribution < -0.4 is 4.90 Å². The molecule has 86 valence electrons. The Labute approximate surface area is 103 Å². The Morgan fingerprint density at radius 2 is 2.00 bits per heavy atom. The quantitative estimate of drug-likeness (QED) is 0.586. The van der Waals surface area contributed by atoms with Crippen molar-refractivity contribution in [3.05, 3.63) is 42.5 Å². The van der Waals surface area contributed by atoms with Crippen LogP contribution in [0.25, 0.3) is 0 Å². The third-order valence-corrected chi connectivity index (χ3v) is 2.32. The van der Waals surface area contributed by atoms with Crippen LogP contribution in [-0.2, 0) is 4.74 Å². The predicted octanol–water partition coefficient (Wildman–Crippen LogP) is 3.39. The summed E-state index contributed by atoms with van der Waals surface area (Å²) in [7, 11) is 0. The van der Waals surface area contributed by atoms with Crippen molar-refractivity contribution in [2.75, 3.05) is 18.1 Å². The first kappa shape index (κ1) is 12.7. The molecule has 0 fully saturated rings. The van der Waals surface area contributed by atoms with Crippen LogP contribution in [0.4, 0.5) is 5.69 Å². The van der Waals surface area contributed by atoms with Crippen molar-refractivity contribution in [3.63, 3.8) is 0 Å². The lowest BCUT2D eigenvalue weighted by Crippen LogP contribution is -2.32. The van der Waals surface area contributed by atoms with Gasteiger partial charge in [-0.3, -0.25) is 4.90 Å². The van der Waals surface area contributed by atoms with Gasteiger partial charge >= 0.3 is 0 Å². The maximum atomic E-state index is 5.38. The van der Waals surface area contributed by atoms with Crippen LogP contribution in [0.5, 0.6) is 0 Å². The number of nitrogens with zero attached hydrogens (tertiary/aromatic N) is 1. The number of hydrogen-bond acceptors (Lipinski definition) is 2. The van der Waals surface area contributed by atoms with Crippen molar-refractivity contribution in [2.24, 2.45) is 0 Å². The van der Waals surface area contributed by atoms with Gasteiger partial charge in [0.05, 0.1) is 6.61 Å². The van der Waals surface area contributed by atoms with Gasteiger partial charge in [0.15, 0.2) is 0 Å². The van der Waals surface area contributed by atoms with Crippen LogP contribution >= 0.6 is 12.2 Å². The lowest BCUT2D eigenvalue weighted by atomic mass is 10.2. The summed E-state index contributed by atoms with van der Waals surface area (Å²) >= 11 is 5.24. The van der Waals surface area contributed by atoms with Gasteiger partial charge in [-0.1, -0.05) is 30.4 Å². The maximum absolute atomic E-state index is 5.38. The number of anilines is 1. The monoisotopic (exact) mass is 235 g/mol. The summed E-state index contributed by atoms with van der Waals surface area (Å²) in [5, 5.41) is 0.497. The second-order valence-electron chi connectivity index (χ2n) is 3.58. The first-order valence-corrected chi connectivity index (χ1v) is 5.69. The SMILES string of the molecule is C=C(C)CN(C(=S)OCC)c1ccccc1. The predicted molar refractivity (Wildman–Crippen MR) is 72.8 cm³/mol. The highest BCUT2D eigenvalue weighted by Crippen LogP contribution is 2.15. The van der Waals surface area contributed by atoms with Crippen molar-refractivity contribution < 1.29 is 4.74 Å². The first-order valence-electron chi connectivity index (χ1n) is 5.29. The van der Waals surface area contributed by atoms with Crippen LogP contribution in [0.1, 0.15) is 13.8 Å². The fourth-order valence-electron chi connectivity index (χ4n) is 1.34. The molecule has 0 radical (unpaired) electrons. The lowest BCUT2D eigenvalue weighted by Gasteiger charge is -2.24.